The van der Waals surface area contributed by atoms with Crippen LogP contribution >= 0.6 is 11.3 Å². The van der Waals surface area contributed by atoms with Crippen molar-refractivity contribution < 1.29 is 19.4 Å². The van der Waals surface area contributed by atoms with Gasteiger partial charge in [0.2, 0.25) is 0 Å². The molecule has 1 atom stereocenters. The van der Waals surface area contributed by atoms with Crippen LogP contribution < -0.4 is 10.1 Å². The van der Waals surface area contributed by atoms with Gasteiger partial charge in [0.1, 0.15) is 5.75 Å². The molecule has 0 spiro atoms. The highest BCUT2D eigenvalue weighted by molar-refractivity contribution is 7.12. The Morgan fingerprint density at radius 3 is 2.65 bits per heavy atom. The standard InChI is InChI=1S/C14H21NO4S/c1-9(2)4-10(5-13(16)17)7-15-14(18)12-6-11(19-3)8-20-12/h6,8-10H,4-5,7H2,1-3H3,(H,15,18)(H,16,17). The molecule has 0 aliphatic carbocycles. The number of carboxylic acid groups (broad SMARTS) is 1. The SMILES string of the molecule is COc1csc(C(=O)NCC(CC(=O)O)CC(C)C)c1. The van der Waals surface area contributed by atoms with Crippen molar-refractivity contribution >= 4 is 23.2 Å². The number of hydrogen-bond donors (Lipinski definition) is 2. The van der Waals surface area contributed by atoms with Crippen LogP contribution in [0.1, 0.15) is 36.4 Å². The van der Waals surface area contributed by atoms with E-state index >= 15 is 0 Å². The van der Waals surface area contributed by atoms with Crippen LogP contribution in [0.3, 0.4) is 0 Å². The van der Waals surface area contributed by atoms with E-state index in [-0.39, 0.29) is 18.2 Å². The van der Waals surface area contributed by atoms with Gasteiger partial charge >= 0.3 is 5.97 Å². The number of methoxy groups -OCH3 is 1. The molecule has 1 aromatic heterocycles. The maximum absolute atomic E-state index is 11.9. The first-order chi connectivity index (χ1) is 9.42. The number of ether oxygens (including phenoxy) is 1. The number of hydrogen-bond acceptors (Lipinski definition) is 4. The number of aliphatic carboxylic acids is 1. The molecule has 1 heterocycles. The fourth-order valence-electron chi connectivity index (χ4n) is 2.02. The first-order valence-corrected chi connectivity index (χ1v) is 7.42. The largest absolute Gasteiger partial charge is 0.496 e. The highest BCUT2D eigenvalue weighted by atomic mass is 32.1. The molecule has 1 unspecified atom stereocenters. The van der Waals surface area contributed by atoms with E-state index in [4.69, 9.17) is 9.84 Å². The maximum atomic E-state index is 11.9. The quantitative estimate of drug-likeness (QED) is 0.773. The zero-order valence-electron chi connectivity index (χ0n) is 12.0. The van der Waals surface area contributed by atoms with E-state index in [2.05, 4.69) is 5.32 Å². The maximum Gasteiger partial charge on any atom is 0.303 e. The summed E-state index contributed by atoms with van der Waals surface area (Å²) < 4.78 is 5.03. The van der Waals surface area contributed by atoms with Gasteiger partial charge in [-0.1, -0.05) is 13.8 Å². The van der Waals surface area contributed by atoms with E-state index in [0.29, 0.717) is 23.1 Å². The van der Waals surface area contributed by atoms with Crippen molar-refractivity contribution in [3.63, 3.8) is 0 Å². The van der Waals surface area contributed by atoms with Crippen molar-refractivity contribution in [2.45, 2.75) is 26.7 Å². The minimum atomic E-state index is -0.831. The van der Waals surface area contributed by atoms with Gasteiger partial charge in [-0.3, -0.25) is 9.59 Å². The molecule has 0 saturated heterocycles. The molecule has 5 nitrogen and oxygen atoms in total. The predicted octanol–water partition coefficient (Wildman–Crippen LogP) is 2.62. The van der Waals surface area contributed by atoms with Crippen LogP contribution in [-0.2, 0) is 4.79 Å². The van der Waals surface area contributed by atoms with E-state index in [1.54, 1.807) is 18.6 Å². The topological polar surface area (TPSA) is 75.6 Å². The Morgan fingerprint density at radius 2 is 2.15 bits per heavy atom. The molecule has 112 valence electrons. The fourth-order valence-corrected chi connectivity index (χ4v) is 2.79. The van der Waals surface area contributed by atoms with E-state index < -0.39 is 5.97 Å². The monoisotopic (exact) mass is 299 g/mol. The van der Waals surface area contributed by atoms with Gasteiger partial charge in [0, 0.05) is 24.4 Å². The molecule has 0 aliphatic heterocycles. The van der Waals surface area contributed by atoms with Gasteiger partial charge in [0.05, 0.1) is 12.0 Å². The molecule has 1 amide bonds. The van der Waals surface area contributed by atoms with Crippen LogP contribution in [0.5, 0.6) is 5.75 Å². The predicted molar refractivity (Wildman–Crippen MR) is 78.4 cm³/mol. The molecule has 6 heteroatoms. The number of carbonyl (C=O) groups is 2. The van der Waals surface area contributed by atoms with E-state index in [9.17, 15) is 9.59 Å². The van der Waals surface area contributed by atoms with Crippen molar-refractivity contribution in [3.8, 4) is 5.75 Å². The molecule has 0 fully saturated rings. The van der Waals surface area contributed by atoms with Crippen LogP contribution in [0.15, 0.2) is 11.4 Å². The highest BCUT2D eigenvalue weighted by Gasteiger charge is 2.17. The zero-order chi connectivity index (χ0) is 15.1. The van der Waals surface area contributed by atoms with E-state index in [0.717, 1.165) is 6.42 Å². The minimum absolute atomic E-state index is 0.0432. The van der Waals surface area contributed by atoms with Gasteiger partial charge in [-0.25, -0.2) is 0 Å². The lowest BCUT2D eigenvalue weighted by Gasteiger charge is -2.17. The van der Waals surface area contributed by atoms with Gasteiger partial charge < -0.3 is 15.2 Å². The molecule has 1 rings (SSSR count). The number of carbonyl (C=O) groups excluding carboxylic acids is 1. The number of nitrogens with one attached hydrogen (secondary N) is 1. The molecular weight excluding hydrogens is 278 g/mol. The Labute approximate surface area is 123 Å². The second kappa shape index (κ2) is 7.89. The summed E-state index contributed by atoms with van der Waals surface area (Å²) >= 11 is 1.31. The van der Waals surface area contributed by atoms with E-state index in [1.165, 1.54) is 11.3 Å². The Morgan fingerprint density at radius 1 is 1.45 bits per heavy atom. The number of carboxylic acids is 1. The van der Waals surface area contributed by atoms with Gasteiger partial charge in [-0.05, 0) is 18.3 Å². The second-order valence-corrected chi connectivity index (χ2v) is 6.07. The molecule has 1 aromatic rings. The molecule has 0 radical (unpaired) electrons. The van der Waals surface area contributed by atoms with Gasteiger partial charge in [0.25, 0.3) is 5.91 Å². The Hall–Kier alpha value is -1.56. The number of thiophene rings is 1. The van der Waals surface area contributed by atoms with Crippen LogP contribution in [-0.4, -0.2) is 30.6 Å². The summed E-state index contributed by atoms with van der Waals surface area (Å²) in [6.07, 6.45) is 0.854. The molecule has 0 aromatic carbocycles. The Balaban J connectivity index is 2.52. The van der Waals surface area contributed by atoms with Crippen molar-refractivity contribution in [3.05, 3.63) is 16.3 Å². The van der Waals surface area contributed by atoms with E-state index in [1.807, 2.05) is 13.8 Å². The summed E-state index contributed by atoms with van der Waals surface area (Å²) in [7, 11) is 1.55. The molecule has 2 N–H and O–H groups in total. The smallest absolute Gasteiger partial charge is 0.303 e. The zero-order valence-corrected chi connectivity index (χ0v) is 12.8. The molecular formula is C14H21NO4S. The minimum Gasteiger partial charge on any atom is -0.496 e. The average Bonchev–Trinajstić information content (AvgIpc) is 2.83. The lowest BCUT2D eigenvalue weighted by atomic mass is 9.94. The molecule has 0 bridgehead atoms. The Bertz CT molecular complexity index is 456. The first kappa shape index (κ1) is 16.5. The third kappa shape index (κ3) is 5.61. The summed E-state index contributed by atoms with van der Waals surface area (Å²) in [6.45, 7) is 4.46. The van der Waals surface area contributed by atoms with Crippen LogP contribution in [0, 0.1) is 11.8 Å². The van der Waals surface area contributed by atoms with Crippen LogP contribution in [0.4, 0.5) is 0 Å². The molecule has 0 aliphatic rings. The van der Waals surface area contributed by atoms with Gasteiger partial charge in [-0.15, -0.1) is 11.3 Å². The third-order valence-corrected chi connectivity index (χ3v) is 3.76. The van der Waals surface area contributed by atoms with Crippen molar-refractivity contribution in [2.24, 2.45) is 11.8 Å². The highest BCUT2D eigenvalue weighted by Crippen LogP contribution is 2.21. The summed E-state index contributed by atoms with van der Waals surface area (Å²) in [6, 6.07) is 1.68. The second-order valence-electron chi connectivity index (χ2n) is 5.15. The summed E-state index contributed by atoms with van der Waals surface area (Å²) in [5.41, 5.74) is 0. The van der Waals surface area contributed by atoms with Gasteiger partial charge in [-0.2, -0.15) is 0 Å². The number of amides is 1. The number of rotatable bonds is 8. The lowest BCUT2D eigenvalue weighted by Crippen LogP contribution is -2.30. The van der Waals surface area contributed by atoms with Crippen LogP contribution in [0.25, 0.3) is 0 Å². The molecule has 0 saturated carbocycles. The van der Waals surface area contributed by atoms with Gasteiger partial charge in [0.15, 0.2) is 0 Å². The van der Waals surface area contributed by atoms with Crippen molar-refractivity contribution in [1.82, 2.24) is 5.32 Å². The third-order valence-electron chi connectivity index (χ3n) is 2.85. The average molecular weight is 299 g/mol. The Kier molecular flexibility index (Phi) is 6.51. The normalized spacial score (nSPS) is 12.2. The van der Waals surface area contributed by atoms with Crippen LogP contribution in [0.2, 0.25) is 0 Å². The lowest BCUT2D eigenvalue weighted by molar-refractivity contribution is -0.138. The van der Waals surface area contributed by atoms with Crippen molar-refractivity contribution in [1.29, 1.82) is 0 Å². The summed E-state index contributed by atoms with van der Waals surface area (Å²) in [5, 5.41) is 13.4. The fraction of sp³-hybridized carbons (Fsp3) is 0.571. The van der Waals surface area contributed by atoms with Crippen molar-refractivity contribution in [2.75, 3.05) is 13.7 Å². The first-order valence-electron chi connectivity index (χ1n) is 6.54. The summed E-state index contributed by atoms with van der Waals surface area (Å²) in [5.74, 6) is 0.000875. The summed E-state index contributed by atoms with van der Waals surface area (Å²) in [4.78, 5) is 23.3. The molecule has 20 heavy (non-hydrogen) atoms.